The summed E-state index contributed by atoms with van der Waals surface area (Å²) in [7, 11) is 4.97. The van der Waals surface area contributed by atoms with Gasteiger partial charge in [-0.05, 0) is 36.3 Å². The summed E-state index contributed by atoms with van der Waals surface area (Å²) in [5.74, 6) is 1.78. The molecule has 0 atom stereocenters. The molecule has 0 unspecified atom stereocenters. The largest absolute Gasteiger partial charge is 0.493 e. The molecule has 0 N–H and O–H groups in total. The van der Waals surface area contributed by atoms with Crippen LogP contribution in [0.25, 0.3) is 11.4 Å². The van der Waals surface area contributed by atoms with Crippen molar-refractivity contribution in [1.29, 1.82) is 0 Å². The van der Waals surface area contributed by atoms with Gasteiger partial charge >= 0.3 is 0 Å². The van der Waals surface area contributed by atoms with Crippen LogP contribution in [-0.2, 0) is 17.8 Å². The minimum Gasteiger partial charge on any atom is -0.493 e. The first-order valence-corrected chi connectivity index (χ1v) is 9.30. The molecule has 0 saturated heterocycles. The second-order valence-electron chi connectivity index (χ2n) is 6.76. The molecule has 152 valence electrons. The van der Waals surface area contributed by atoms with Crippen molar-refractivity contribution in [1.82, 2.24) is 25.1 Å². The Morgan fingerprint density at radius 3 is 2.48 bits per heavy atom. The lowest BCUT2D eigenvalue weighted by Crippen LogP contribution is -2.32. The van der Waals surface area contributed by atoms with Gasteiger partial charge in [0.25, 0.3) is 0 Å². The summed E-state index contributed by atoms with van der Waals surface area (Å²) >= 11 is 0. The van der Waals surface area contributed by atoms with Crippen molar-refractivity contribution in [2.24, 2.45) is 0 Å². The van der Waals surface area contributed by atoms with Gasteiger partial charge in [0.05, 0.1) is 14.2 Å². The predicted molar refractivity (Wildman–Crippen MR) is 109 cm³/mol. The van der Waals surface area contributed by atoms with Gasteiger partial charge in [-0.1, -0.05) is 35.9 Å². The molecule has 8 heteroatoms. The normalized spacial score (nSPS) is 10.6. The third-order valence-electron chi connectivity index (χ3n) is 4.65. The molecule has 0 aliphatic heterocycles. The Labute approximate surface area is 170 Å². The fourth-order valence-electron chi connectivity index (χ4n) is 2.83. The van der Waals surface area contributed by atoms with Crippen LogP contribution in [0, 0.1) is 6.92 Å². The molecule has 29 heavy (non-hydrogen) atoms. The summed E-state index contributed by atoms with van der Waals surface area (Å²) in [6, 6.07) is 13.6. The topological polar surface area (TPSA) is 82.4 Å². The number of methoxy groups -OCH3 is 2. The second kappa shape index (κ2) is 9.18. The fourth-order valence-corrected chi connectivity index (χ4v) is 2.83. The number of benzene rings is 2. The van der Waals surface area contributed by atoms with Gasteiger partial charge in [-0.2, -0.15) is 4.80 Å². The highest BCUT2D eigenvalue weighted by Crippen LogP contribution is 2.27. The molecular formula is C21H25N5O3. The van der Waals surface area contributed by atoms with Gasteiger partial charge in [0, 0.05) is 19.2 Å². The maximum Gasteiger partial charge on any atom is 0.245 e. The standard InChI is InChI=1S/C21H25N5O3/c1-15-5-8-17(9-6-15)21-22-24-26(23-21)14-20(27)25(2)12-11-16-7-10-18(28-3)19(13-16)29-4/h5-10,13H,11-12,14H2,1-4H3. The molecule has 0 aliphatic rings. The molecule has 3 rings (SSSR count). The van der Waals surface area contributed by atoms with Gasteiger partial charge < -0.3 is 14.4 Å². The molecule has 0 aliphatic carbocycles. The summed E-state index contributed by atoms with van der Waals surface area (Å²) in [5, 5.41) is 12.3. The van der Waals surface area contributed by atoms with Crippen LogP contribution in [0.3, 0.4) is 0 Å². The van der Waals surface area contributed by atoms with Gasteiger partial charge in [-0.3, -0.25) is 4.79 Å². The molecule has 3 aromatic rings. The van der Waals surface area contributed by atoms with Crippen molar-refractivity contribution in [3.63, 3.8) is 0 Å². The van der Waals surface area contributed by atoms with E-state index < -0.39 is 0 Å². The average molecular weight is 395 g/mol. The summed E-state index contributed by atoms with van der Waals surface area (Å²) in [4.78, 5) is 15.5. The van der Waals surface area contributed by atoms with Crippen LogP contribution in [0.1, 0.15) is 11.1 Å². The lowest BCUT2D eigenvalue weighted by atomic mass is 10.1. The summed E-state index contributed by atoms with van der Waals surface area (Å²) in [6.07, 6.45) is 0.696. The highest BCUT2D eigenvalue weighted by molar-refractivity contribution is 5.75. The van der Waals surface area contributed by atoms with Crippen molar-refractivity contribution < 1.29 is 14.3 Å². The Bertz CT molecular complexity index is 969. The van der Waals surface area contributed by atoms with E-state index in [9.17, 15) is 4.79 Å². The van der Waals surface area contributed by atoms with Crippen molar-refractivity contribution >= 4 is 5.91 Å². The summed E-state index contributed by atoms with van der Waals surface area (Å²) in [6.45, 7) is 2.62. The zero-order valence-corrected chi connectivity index (χ0v) is 17.1. The maximum absolute atomic E-state index is 12.5. The molecule has 0 saturated carbocycles. The summed E-state index contributed by atoms with van der Waals surface area (Å²) in [5.41, 5.74) is 3.09. The zero-order valence-electron chi connectivity index (χ0n) is 17.1. The van der Waals surface area contributed by atoms with Crippen LogP contribution < -0.4 is 9.47 Å². The summed E-state index contributed by atoms with van der Waals surface area (Å²) < 4.78 is 10.6. The SMILES string of the molecule is COc1ccc(CCN(C)C(=O)Cn2nnc(-c3ccc(C)cc3)n2)cc1OC. The number of hydrogen-bond donors (Lipinski definition) is 0. The Morgan fingerprint density at radius 2 is 1.79 bits per heavy atom. The van der Waals surface area contributed by atoms with Crippen molar-refractivity contribution in [3.8, 4) is 22.9 Å². The van der Waals surface area contributed by atoms with E-state index in [1.54, 1.807) is 26.2 Å². The number of ether oxygens (including phenoxy) is 2. The number of carbonyl (C=O) groups excluding carboxylic acids is 1. The number of rotatable bonds is 8. The van der Waals surface area contributed by atoms with Crippen molar-refractivity contribution in [3.05, 3.63) is 53.6 Å². The number of nitrogens with zero attached hydrogens (tertiary/aromatic N) is 5. The predicted octanol–water partition coefficient (Wildman–Crippen LogP) is 2.37. The number of hydrogen-bond acceptors (Lipinski definition) is 6. The maximum atomic E-state index is 12.5. The van der Waals surface area contributed by atoms with Crippen molar-refractivity contribution in [2.45, 2.75) is 19.9 Å². The zero-order chi connectivity index (χ0) is 20.8. The minimum absolute atomic E-state index is 0.0430. The van der Waals surface area contributed by atoms with E-state index in [2.05, 4.69) is 15.4 Å². The lowest BCUT2D eigenvalue weighted by molar-refractivity contribution is -0.130. The van der Waals surface area contributed by atoms with Gasteiger partial charge in [0.15, 0.2) is 11.5 Å². The molecule has 2 aromatic carbocycles. The Balaban J connectivity index is 1.56. The van der Waals surface area contributed by atoms with Crippen LogP contribution in [-0.4, -0.2) is 58.8 Å². The minimum atomic E-state index is -0.0849. The number of carbonyl (C=O) groups is 1. The van der Waals surface area contributed by atoms with Gasteiger partial charge in [0.2, 0.25) is 11.7 Å². The van der Waals surface area contributed by atoms with Crippen LogP contribution in [0.15, 0.2) is 42.5 Å². The van der Waals surface area contributed by atoms with E-state index >= 15 is 0 Å². The highest BCUT2D eigenvalue weighted by Gasteiger charge is 2.13. The van der Waals surface area contributed by atoms with E-state index in [-0.39, 0.29) is 12.5 Å². The molecule has 0 radical (unpaired) electrons. The van der Waals surface area contributed by atoms with Gasteiger partial charge in [0.1, 0.15) is 6.54 Å². The smallest absolute Gasteiger partial charge is 0.245 e. The first kappa shape index (κ1) is 20.3. The second-order valence-corrected chi connectivity index (χ2v) is 6.76. The highest BCUT2D eigenvalue weighted by atomic mass is 16.5. The first-order chi connectivity index (χ1) is 14.0. The van der Waals surface area contributed by atoms with Crippen LogP contribution in [0.4, 0.5) is 0 Å². The molecule has 0 fully saturated rings. The Morgan fingerprint density at radius 1 is 1.07 bits per heavy atom. The quantitative estimate of drug-likeness (QED) is 0.582. The molecule has 1 heterocycles. The molecule has 8 nitrogen and oxygen atoms in total. The first-order valence-electron chi connectivity index (χ1n) is 9.30. The number of tetrazole rings is 1. The third kappa shape index (κ3) is 5.10. The lowest BCUT2D eigenvalue weighted by Gasteiger charge is -2.17. The molecule has 0 bridgehead atoms. The third-order valence-corrected chi connectivity index (χ3v) is 4.65. The van der Waals surface area contributed by atoms with Crippen LogP contribution in [0.2, 0.25) is 0 Å². The van der Waals surface area contributed by atoms with Gasteiger partial charge in [-0.25, -0.2) is 0 Å². The average Bonchev–Trinajstić information content (AvgIpc) is 3.20. The molecular weight excluding hydrogens is 370 g/mol. The van der Waals surface area contributed by atoms with E-state index in [0.29, 0.717) is 30.3 Å². The van der Waals surface area contributed by atoms with E-state index in [0.717, 1.165) is 16.7 Å². The monoisotopic (exact) mass is 395 g/mol. The van der Waals surface area contributed by atoms with Gasteiger partial charge in [-0.15, -0.1) is 10.2 Å². The number of likely N-dealkylation sites (N-methyl/N-ethyl adjacent to an activating group) is 1. The van der Waals surface area contributed by atoms with Crippen LogP contribution >= 0.6 is 0 Å². The van der Waals surface area contributed by atoms with Crippen LogP contribution in [0.5, 0.6) is 11.5 Å². The fraction of sp³-hybridized carbons (Fsp3) is 0.333. The molecule has 0 spiro atoms. The van der Waals surface area contributed by atoms with Crippen molar-refractivity contribution in [2.75, 3.05) is 27.8 Å². The van der Waals surface area contributed by atoms with E-state index in [1.807, 2.05) is 49.4 Å². The number of aromatic nitrogens is 4. The Kier molecular flexibility index (Phi) is 6.43. The number of aryl methyl sites for hydroxylation is 1. The Hall–Kier alpha value is -3.42. The molecule has 1 amide bonds. The van der Waals surface area contributed by atoms with E-state index in [4.69, 9.17) is 9.47 Å². The molecule has 1 aromatic heterocycles. The van der Waals surface area contributed by atoms with E-state index in [1.165, 1.54) is 4.80 Å². The number of amides is 1.